The number of thiophene rings is 1. The highest BCUT2D eigenvalue weighted by molar-refractivity contribution is 7.99. The predicted octanol–water partition coefficient (Wildman–Crippen LogP) is 5.25. The van der Waals surface area contributed by atoms with Gasteiger partial charge in [0.1, 0.15) is 5.82 Å². The van der Waals surface area contributed by atoms with E-state index < -0.39 is 12.2 Å². The fraction of sp³-hybridized carbons (Fsp3) is 0.632. The molecule has 5 heterocycles. The van der Waals surface area contributed by atoms with Crippen molar-refractivity contribution >= 4 is 28.9 Å². The van der Waals surface area contributed by atoms with Gasteiger partial charge in [0, 0.05) is 29.2 Å². The Kier molecular flexibility index (Phi) is 4.87. The van der Waals surface area contributed by atoms with Gasteiger partial charge in [-0.3, -0.25) is 4.90 Å². The number of thioether (sulfide) groups is 1. The van der Waals surface area contributed by atoms with Gasteiger partial charge in [0.25, 0.3) is 0 Å². The molecule has 28 heavy (non-hydrogen) atoms. The number of anilines is 1. The number of nitrogens with one attached hydrogen (secondary N) is 1. The normalized spacial score (nSPS) is 31.1. The molecule has 2 aromatic rings. The van der Waals surface area contributed by atoms with E-state index in [0.717, 1.165) is 35.7 Å². The molecule has 0 radical (unpaired) electrons. The molecule has 0 aromatic carbocycles. The molecule has 5 rings (SSSR count). The van der Waals surface area contributed by atoms with Crippen molar-refractivity contribution in [3.05, 3.63) is 34.2 Å². The van der Waals surface area contributed by atoms with Crippen molar-refractivity contribution in [1.29, 1.82) is 0 Å². The van der Waals surface area contributed by atoms with E-state index in [0.29, 0.717) is 11.9 Å². The molecule has 2 fully saturated rings. The average molecular weight is 429 g/mol. The Hall–Kier alpha value is -1.19. The minimum Gasteiger partial charge on any atom is -0.363 e. The summed E-state index contributed by atoms with van der Waals surface area (Å²) in [6.45, 7) is 1.02. The van der Waals surface area contributed by atoms with E-state index in [-0.39, 0.29) is 18.5 Å². The number of nitrogens with zero attached hydrogens (tertiary/aromatic N) is 3. The summed E-state index contributed by atoms with van der Waals surface area (Å²) in [6, 6.07) is 4.41. The van der Waals surface area contributed by atoms with Gasteiger partial charge in [-0.15, -0.1) is 11.3 Å². The van der Waals surface area contributed by atoms with Gasteiger partial charge in [-0.2, -0.15) is 30.0 Å². The van der Waals surface area contributed by atoms with Crippen LogP contribution >= 0.6 is 23.1 Å². The Morgan fingerprint density at radius 3 is 2.86 bits per heavy atom. The van der Waals surface area contributed by atoms with Crippen LogP contribution in [-0.2, 0) is 0 Å². The van der Waals surface area contributed by atoms with E-state index in [1.807, 2.05) is 35.3 Å². The fourth-order valence-corrected chi connectivity index (χ4v) is 6.79. The first-order chi connectivity index (χ1) is 13.5. The first kappa shape index (κ1) is 18.8. The topological polar surface area (TPSA) is 33.1 Å². The van der Waals surface area contributed by atoms with Gasteiger partial charge in [-0.05, 0) is 43.0 Å². The second-order valence-electron chi connectivity index (χ2n) is 7.82. The zero-order valence-corrected chi connectivity index (χ0v) is 17.0. The number of hydrogen-bond donors (Lipinski definition) is 1. The first-order valence-corrected chi connectivity index (χ1v) is 11.8. The van der Waals surface area contributed by atoms with Crippen molar-refractivity contribution in [1.82, 2.24) is 14.7 Å². The maximum absolute atomic E-state index is 13.8. The standard InChI is InChI=1S/C19H23F3N4S2/c20-19(21,22)17-9-14(16-4-2-7-28-16)23-18-10-13(24-26(17)18)15-3-1-6-25(15)12-5-8-27-11-12/h2,4,7,10,12,14-15,17,23H,1,3,5-6,8-9,11H2/t12-,14-,15+,17+/m0/s1. The van der Waals surface area contributed by atoms with Crippen LogP contribution in [0, 0.1) is 0 Å². The van der Waals surface area contributed by atoms with E-state index in [1.165, 1.54) is 28.2 Å². The number of hydrogen-bond acceptors (Lipinski definition) is 5. The van der Waals surface area contributed by atoms with Crippen LogP contribution < -0.4 is 5.32 Å². The molecular weight excluding hydrogens is 405 g/mol. The number of alkyl halides is 3. The van der Waals surface area contributed by atoms with Gasteiger partial charge in [-0.1, -0.05) is 6.07 Å². The average Bonchev–Trinajstić information content (AvgIpc) is 3.47. The van der Waals surface area contributed by atoms with Crippen LogP contribution in [0.1, 0.15) is 54.4 Å². The number of fused-ring (bicyclic) bond motifs is 1. The van der Waals surface area contributed by atoms with E-state index in [2.05, 4.69) is 15.3 Å². The molecule has 3 aliphatic rings. The summed E-state index contributed by atoms with van der Waals surface area (Å²) in [5.41, 5.74) is 0.790. The number of rotatable bonds is 3. The van der Waals surface area contributed by atoms with Crippen molar-refractivity contribution < 1.29 is 13.2 Å². The summed E-state index contributed by atoms with van der Waals surface area (Å²) in [4.78, 5) is 3.42. The Balaban J connectivity index is 1.47. The first-order valence-electron chi connectivity index (χ1n) is 9.80. The molecule has 0 aliphatic carbocycles. The predicted molar refractivity (Wildman–Crippen MR) is 107 cm³/mol. The van der Waals surface area contributed by atoms with Crippen LogP contribution in [0.15, 0.2) is 23.6 Å². The fourth-order valence-electron chi connectivity index (χ4n) is 4.76. The van der Waals surface area contributed by atoms with Gasteiger partial charge >= 0.3 is 6.18 Å². The Labute approximate surface area is 170 Å². The molecule has 152 valence electrons. The van der Waals surface area contributed by atoms with Crippen molar-refractivity contribution in [3.63, 3.8) is 0 Å². The quantitative estimate of drug-likeness (QED) is 0.724. The van der Waals surface area contributed by atoms with Crippen molar-refractivity contribution in [2.75, 3.05) is 23.4 Å². The zero-order chi connectivity index (χ0) is 19.3. The molecule has 0 amide bonds. The van der Waals surface area contributed by atoms with Crippen molar-refractivity contribution in [3.8, 4) is 0 Å². The third kappa shape index (κ3) is 3.35. The van der Waals surface area contributed by atoms with Gasteiger partial charge < -0.3 is 5.32 Å². The lowest BCUT2D eigenvalue weighted by molar-refractivity contribution is -0.173. The van der Waals surface area contributed by atoms with Crippen LogP contribution in [0.3, 0.4) is 0 Å². The molecule has 3 aliphatic heterocycles. The molecule has 4 atom stereocenters. The van der Waals surface area contributed by atoms with E-state index in [1.54, 1.807) is 0 Å². The molecule has 9 heteroatoms. The summed E-state index contributed by atoms with van der Waals surface area (Å²) >= 11 is 3.46. The highest BCUT2D eigenvalue weighted by Crippen LogP contribution is 2.46. The summed E-state index contributed by atoms with van der Waals surface area (Å²) in [7, 11) is 0. The molecule has 0 spiro atoms. The van der Waals surface area contributed by atoms with Crippen LogP contribution in [0.4, 0.5) is 19.0 Å². The molecule has 2 saturated heterocycles. The van der Waals surface area contributed by atoms with Gasteiger partial charge in [-0.25, -0.2) is 4.68 Å². The molecule has 0 unspecified atom stereocenters. The van der Waals surface area contributed by atoms with Crippen molar-refractivity contribution in [2.24, 2.45) is 0 Å². The molecule has 2 aromatic heterocycles. The van der Waals surface area contributed by atoms with Crippen LogP contribution in [0.2, 0.25) is 0 Å². The van der Waals surface area contributed by atoms with E-state index in [9.17, 15) is 13.2 Å². The minimum absolute atomic E-state index is 0.0220. The van der Waals surface area contributed by atoms with Crippen molar-refractivity contribution in [2.45, 2.75) is 56.0 Å². The lowest BCUT2D eigenvalue weighted by Gasteiger charge is -2.32. The van der Waals surface area contributed by atoms with E-state index in [4.69, 9.17) is 0 Å². The Morgan fingerprint density at radius 1 is 1.25 bits per heavy atom. The summed E-state index contributed by atoms with van der Waals surface area (Å²) < 4.78 is 42.7. The highest BCUT2D eigenvalue weighted by Gasteiger charge is 2.47. The number of likely N-dealkylation sites (tertiary alicyclic amines) is 1. The van der Waals surface area contributed by atoms with Crippen LogP contribution in [-0.4, -0.2) is 44.9 Å². The van der Waals surface area contributed by atoms with Gasteiger partial charge in [0.15, 0.2) is 6.04 Å². The second kappa shape index (κ2) is 7.25. The monoisotopic (exact) mass is 428 g/mol. The van der Waals surface area contributed by atoms with Gasteiger partial charge in [0.05, 0.1) is 17.8 Å². The second-order valence-corrected chi connectivity index (χ2v) is 9.95. The highest BCUT2D eigenvalue weighted by atomic mass is 32.2. The van der Waals surface area contributed by atoms with Gasteiger partial charge in [0.2, 0.25) is 0 Å². The van der Waals surface area contributed by atoms with E-state index >= 15 is 0 Å². The summed E-state index contributed by atoms with van der Waals surface area (Å²) in [5, 5.41) is 9.73. The zero-order valence-electron chi connectivity index (χ0n) is 15.4. The maximum Gasteiger partial charge on any atom is 0.410 e. The SMILES string of the molecule is FC(F)(F)[C@H]1C[C@@H](c2cccs2)Nc2cc([C@H]3CCCN3[C@H]3CCSC3)nn21. The van der Waals surface area contributed by atoms with Crippen LogP contribution in [0.5, 0.6) is 0 Å². The molecule has 0 bridgehead atoms. The summed E-state index contributed by atoms with van der Waals surface area (Å²) in [6.07, 6.45) is -1.11. The van der Waals surface area contributed by atoms with Crippen LogP contribution in [0.25, 0.3) is 0 Å². The lowest BCUT2D eigenvalue weighted by atomic mass is 10.0. The Morgan fingerprint density at radius 2 is 2.14 bits per heavy atom. The number of halogens is 3. The molecule has 4 nitrogen and oxygen atoms in total. The molecule has 0 saturated carbocycles. The largest absolute Gasteiger partial charge is 0.410 e. The molecular formula is C19H23F3N4S2. The smallest absolute Gasteiger partial charge is 0.363 e. The molecule has 1 N–H and O–H groups in total. The minimum atomic E-state index is -4.31. The lowest BCUT2D eigenvalue weighted by Crippen LogP contribution is -2.36. The third-order valence-electron chi connectivity index (χ3n) is 6.11. The number of aromatic nitrogens is 2. The Bertz CT molecular complexity index is 814. The maximum atomic E-state index is 13.8. The summed E-state index contributed by atoms with van der Waals surface area (Å²) in [5.74, 6) is 2.79. The third-order valence-corrected chi connectivity index (χ3v) is 8.24.